The number of thiocarbonyl (C=S) groups is 1. The van der Waals surface area contributed by atoms with Gasteiger partial charge < -0.3 is 5.73 Å². The number of hydrogen-bond acceptors (Lipinski definition) is 4. The molecule has 0 aromatic carbocycles. The minimum atomic E-state index is -3.67. The zero-order valence-corrected chi connectivity index (χ0v) is 11.6. The zero-order chi connectivity index (χ0) is 13.3. The van der Waals surface area contributed by atoms with Gasteiger partial charge in [0.05, 0.1) is 22.4 Å². The van der Waals surface area contributed by atoms with Crippen LogP contribution in [-0.2, 0) is 10.0 Å². The van der Waals surface area contributed by atoms with Crippen molar-refractivity contribution in [3.63, 3.8) is 0 Å². The van der Waals surface area contributed by atoms with Crippen LogP contribution in [0.25, 0.3) is 0 Å². The van der Waals surface area contributed by atoms with Crippen molar-refractivity contribution in [3.8, 4) is 0 Å². The maximum atomic E-state index is 12.1. The number of nitrogens with one attached hydrogen (secondary N) is 2. The van der Waals surface area contributed by atoms with Crippen LogP contribution in [-0.4, -0.2) is 29.1 Å². The second-order valence-electron chi connectivity index (χ2n) is 4.01. The van der Waals surface area contributed by atoms with Crippen LogP contribution in [0.5, 0.6) is 0 Å². The Morgan fingerprint density at radius 1 is 1.71 bits per heavy atom. The molecule has 4 N–H and O–H groups in total. The van der Waals surface area contributed by atoms with Gasteiger partial charge in [-0.3, -0.25) is 5.10 Å². The van der Waals surface area contributed by atoms with E-state index in [0.717, 1.165) is 0 Å². The smallest absolute Gasteiger partial charge is 0.244 e. The molecule has 1 atom stereocenters. The van der Waals surface area contributed by atoms with E-state index in [-0.39, 0.29) is 9.88 Å². The molecule has 1 rings (SSSR count). The lowest BCUT2D eigenvalue weighted by Gasteiger charge is -2.27. The third-order valence-corrected chi connectivity index (χ3v) is 4.84. The van der Waals surface area contributed by atoms with E-state index in [4.69, 9.17) is 18.0 Å². The van der Waals surface area contributed by atoms with Crippen LogP contribution >= 0.6 is 12.2 Å². The molecule has 0 radical (unpaired) electrons. The van der Waals surface area contributed by atoms with E-state index in [0.29, 0.717) is 12.1 Å². The number of nitrogens with zero attached hydrogens (tertiary/aromatic N) is 1. The number of rotatable bonds is 5. The van der Waals surface area contributed by atoms with E-state index in [1.165, 1.54) is 6.20 Å². The fourth-order valence-corrected chi connectivity index (χ4v) is 3.12. The number of aryl methyl sites for hydroxylation is 1. The molecule has 96 valence electrons. The topological polar surface area (TPSA) is 101 Å². The van der Waals surface area contributed by atoms with E-state index in [1.807, 2.05) is 6.92 Å². The van der Waals surface area contributed by atoms with Crippen molar-refractivity contribution in [1.29, 1.82) is 0 Å². The SMILES string of the molecule is CCC(C)(NS(=O)(=O)c1cn[nH]c1C)C(N)=S. The van der Waals surface area contributed by atoms with Gasteiger partial charge in [-0.2, -0.15) is 9.82 Å². The average molecular weight is 276 g/mol. The Kier molecular flexibility index (Phi) is 3.90. The molecule has 0 aliphatic heterocycles. The molecule has 1 aromatic heterocycles. The Morgan fingerprint density at radius 3 is 2.65 bits per heavy atom. The van der Waals surface area contributed by atoms with Crippen molar-refractivity contribution < 1.29 is 8.42 Å². The van der Waals surface area contributed by atoms with Crippen LogP contribution in [0.4, 0.5) is 0 Å². The standard InChI is InChI=1S/C9H16N4O2S2/c1-4-9(3,8(10)16)13-17(14,15)7-5-11-12-6(7)2/h5,13H,4H2,1-3H3,(H2,10,16)(H,11,12). The van der Waals surface area contributed by atoms with Gasteiger partial charge in [-0.05, 0) is 20.3 Å². The van der Waals surface area contributed by atoms with Crippen molar-refractivity contribution in [2.24, 2.45) is 5.73 Å². The Morgan fingerprint density at radius 2 is 2.29 bits per heavy atom. The molecule has 0 amide bonds. The number of H-pyrrole nitrogens is 1. The van der Waals surface area contributed by atoms with E-state index in [1.54, 1.807) is 13.8 Å². The minimum absolute atomic E-state index is 0.105. The van der Waals surface area contributed by atoms with Crippen molar-refractivity contribution in [3.05, 3.63) is 11.9 Å². The predicted molar refractivity (Wildman–Crippen MR) is 69.1 cm³/mol. The number of aromatic amines is 1. The summed E-state index contributed by atoms with van der Waals surface area (Å²) in [6, 6.07) is 0. The molecule has 0 fully saturated rings. The van der Waals surface area contributed by atoms with E-state index >= 15 is 0 Å². The molecule has 1 aromatic rings. The Labute approximate surface area is 106 Å². The monoisotopic (exact) mass is 276 g/mol. The van der Waals surface area contributed by atoms with Crippen LogP contribution in [0.1, 0.15) is 26.0 Å². The van der Waals surface area contributed by atoms with E-state index in [9.17, 15) is 8.42 Å². The summed E-state index contributed by atoms with van der Waals surface area (Å²) in [7, 11) is -3.67. The van der Waals surface area contributed by atoms with Crippen LogP contribution in [0.15, 0.2) is 11.1 Å². The first-order valence-electron chi connectivity index (χ1n) is 5.07. The summed E-state index contributed by atoms with van der Waals surface area (Å²) in [5.41, 5.74) is 5.10. The van der Waals surface area contributed by atoms with Gasteiger partial charge in [0.15, 0.2) is 0 Å². The van der Waals surface area contributed by atoms with Gasteiger partial charge in [0.25, 0.3) is 0 Å². The van der Waals surface area contributed by atoms with Crippen LogP contribution < -0.4 is 10.5 Å². The number of aromatic nitrogens is 2. The lowest BCUT2D eigenvalue weighted by atomic mass is 10.0. The lowest BCUT2D eigenvalue weighted by molar-refractivity contribution is 0.511. The molecule has 0 bridgehead atoms. The fourth-order valence-electron chi connectivity index (χ4n) is 1.26. The number of hydrogen-bond donors (Lipinski definition) is 3. The largest absolute Gasteiger partial charge is 0.392 e. The van der Waals surface area contributed by atoms with Gasteiger partial charge in [-0.15, -0.1) is 0 Å². The Balaban J connectivity index is 3.11. The molecule has 1 heterocycles. The summed E-state index contributed by atoms with van der Waals surface area (Å²) in [5, 5.41) is 6.25. The Hall–Kier alpha value is -0.990. The molecule has 0 aliphatic rings. The molecule has 8 heteroatoms. The maximum Gasteiger partial charge on any atom is 0.244 e. The predicted octanol–water partition coefficient (Wildman–Crippen LogP) is 0.451. The summed E-state index contributed by atoms with van der Waals surface area (Å²) in [6.45, 7) is 5.10. The van der Waals surface area contributed by atoms with Crippen molar-refractivity contribution >= 4 is 27.2 Å². The van der Waals surface area contributed by atoms with E-state index < -0.39 is 15.6 Å². The van der Waals surface area contributed by atoms with Crippen molar-refractivity contribution in [2.75, 3.05) is 0 Å². The van der Waals surface area contributed by atoms with Crippen LogP contribution in [0.3, 0.4) is 0 Å². The highest BCUT2D eigenvalue weighted by Crippen LogP contribution is 2.17. The van der Waals surface area contributed by atoms with Gasteiger partial charge >= 0.3 is 0 Å². The number of sulfonamides is 1. The highest BCUT2D eigenvalue weighted by Gasteiger charge is 2.32. The molecular weight excluding hydrogens is 260 g/mol. The lowest BCUT2D eigenvalue weighted by Crippen LogP contribution is -2.53. The first-order valence-corrected chi connectivity index (χ1v) is 6.96. The quantitative estimate of drug-likeness (QED) is 0.678. The van der Waals surface area contributed by atoms with Gasteiger partial charge in [0.2, 0.25) is 10.0 Å². The molecule has 0 saturated carbocycles. The first kappa shape index (κ1) is 14.1. The highest BCUT2D eigenvalue weighted by molar-refractivity contribution is 7.89. The summed E-state index contributed by atoms with van der Waals surface area (Å²) in [6.07, 6.45) is 1.73. The van der Waals surface area contributed by atoms with Gasteiger partial charge in [0, 0.05) is 0 Å². The third-order valence-electron chi connectivity index (χ3n) is 2.68. The average Bonchev–Trinajstić information content (AvgIpc) is 2.64. The molecule has 1 unspecified atom stereocenters. The van der Waals surface area contributed by atoms with Gasteiger partial charge in [-0.25, -0.2) is 8.42 Å². The van der Waals surface area contributed by atoms with Gasteiger partial charge in [-0.1, -0.05) is 19.1 Å². The summed E-state index contributed by atoms with van der Waals surface area (Å²) in [4.78, 5) is 0.221. The molecule has 17 heavy (non-hydrogen) atoms. The summed E-state index contributed by atoms with van der Waals surface area (Å²) < 4.78 is 26.7. The normalized spacial score (nSPS) is 15.5. The van der Waals surface area contributed by atoms with Crippen LogP contribution in [0, 0.1) is 6.92 Å². The molecule has 0 saturated heterocycles. The van der Waals surface area contributed by atoms with Crippen LogP contribution in [0.2, 0.25) is 0 Å². The van der Waals surface area contributed by atoms with Crippen molar-refractivity contribution in [1.82, 2.24) is 14.9 Å². The second kappa shape index (κ2) is 4.71. The first-order chi connectivity index (χ1) is 7.73. The molecule has 0 aliphatic carbocycles. The molecule has 0 spiro atoms. The summed E-state index contributed by atoms with van der Waals surface area (Å²) >= 11 is 4.89. The molecule has 6 nitrogen and oxygen atoms in total. The second-order valence-corrected chi connectivity index (χ2v) is 6.11. The number of nitrogens with two attached hydrogens (primary N) is 1. The van der Waals surface area contributed by atoms with Gasteiger partial charge in [0.1, 0.15) is 4.90 Å². The Bertz CT molecular complexity index is 523. The fraction of sp³-hybridized carbons (Fsp3) is 0.556. The van der Waals surface area contributed by atoms with E-state index in [2.05, 4.69) is 14.9 Å². The summed E-state index contributed by atoms with van der Waals surface area (Å²) in [5.74, 6) is 0. The zero-order valence-electron chi connectivity index (χ0n) is 9.94. The molecular formula is C9H16N4O2S2. The van der Waals surface area contributed by atoms with Crippen molar-refractivity contribution in [2.45, 2.75) is 37.6 Å². The minimum Gasteiger partial charge on any atom is -0.392 e. The third kappa shape index (κ3) is 2.82. The maximum absolute atomic E-state index is 12.1. The highest BCUT2D eigenvalue weighted by atomic mass is 32.2.